The van der Waals surface area contributed by atoms with E-state index in [1.165, 1.54) is 0 Å². The second kappa shape index (κ2) is 5.31. The first kappa shape index (κ1) is 12.8. The van der Waals surface area contributed by atoms with E-state index in [-0.39, 0.29) is 6.04 Å². The molecule has 16 heavy (non-hydrogen) atoms. The van der Waals surface area contributed by atoms with Crippen LogP contribution in [-0.4, -0.2) is 0 Å². The molecule has 0 saturated heterocycles. The number of hydrogen-bond acceptors (Lipinski definition) is 2. The topological polar surface area (TPSA) is 26.0 Å². The van der Waals surface area contributed by atoms with Gasteiger partial charge in [-0.2, -0.15) is 0 Å². The van der Waals surface area contributed by atoms with Gasteiger partial charge in [0.15, 0.2) is 0 Å². The molecule has 0 fully saturated rings. The Morgan fingerprint density at radius 2 is 1.69 bits per heavy atom. The van der Waals surface area contributed by atoms with E-state index in [1.807, 2.05) is 24.3 Å². The van der Waals surface area contributed by atoms with Crippen LogP contribution in [0.5, 0.6) is 0 Å². The summed E-state index contributed by atoms with van der Waals surface area (Å²) in [6, 6.07) is 10.1. The maximum Gasteiger partial charge on any atom is 0.0843 e. The van der Waals surface area contributed by atoms with Crippen LogP contribution >= 0.6 is 59.1 Å². The van der Waals surface area contributed by atoms with Gasteiger partial charge in [0.2, 0.25) is 0 Å². The summed E-state index contributed by atoms with van der Waals surface area (Å²) in [5, 5.41) is 0. The zero-order chi connectivity index (χ0) is 11.7. The SMILES string of the molecule is NC(c1ccc(Br)cc1)c1cc(Br)c(Br)s1. The average molecular weight is 426 g/mol. The van der Waals surface area contributed by atoms with Gasteiger partial charge in [-0.1, -0.05) is 28.1 Å². The molecule has 0 aliphatic carbocycles. The lowest BCUT2D eigenvalue weighted by molar-refractivity contribution is 0.892. The molecular weight excluding hydrogens is 418 g/mol. The minimum Gasteiger partial charge on any atom is -0.320 e. The molecule has 2 N–H and O–H groups in total. The van der Waals surface area contributed by atoms with Gasteiger partial charge < -0.3 is 5.73 Å². The van der Waals surface area contributed by atoms with Crippen LogP contribution in [0.25, 0.3) is 0 Å². The lowest BCUT2D eigenvalue weighted by Crippen LogP contribution is -2.09. The van der Waals surface area contributed by atoms with Gasteiger partial charge in [-0.3, -0.25) is 0 Å². The van der Waals surface area contributed by atoms with Crippen molar-refractivity contribution in [2.75, 3.05) is 0 Å². The largest absolute Gasteiger partial charge is 0.320 e. The molecule has 0 amide bonds. The van der Waals surface area contributed by atoms with Crippen LogP contribution in [0.2, 0.25) is 0 Å². The van der Waals surface area contributed by atoms with Crippen molar-refractivity contribution in [2.24, 2.45) is 5.73 Å². The predicted molar refractivity (Wildman–Crippen MR) is 79.9 cm³/mol. The molecule has 0 spiro atoms. The monoisotopic (exact) mass is 423 g/mol. The molecule has 2 rings (SSSR count). The Morgan fingerprint density at radius 1 is 1.06 bits per heavy atom. The highest BCUT2D eigenvalue weighted by molar-refractivity contribution is 9.13. The summed E-state index contributed by atoms with van der Waals surface area (Å²) < 4.78 is 3.20. The molecule has 0 bridgehead atoms. The fourth-order valence-corrected chi connectivity index (χ4v) is 3.73. The van der Waals surface area contributed by atoms with Gasteiger partial charge in [-0.05, 0) is 55.6 Å². The molecule has 1 nitrogen and oxygen atoms in total. The summed E-state index contributed by atoms with van der Waals surface area (Å²) in [4.78, 5) is 1.14. The maximum atomic E-state index is 6.20. The van der Waals surface area contributed by atoms with Crippen LogP contribution in [0.4, 0.5) is 0 Å². The summed E-state index contributed by atoms with van der Waals surface area (Å²) in [7, 11) is 0. The fraction of sp³-hybridized carbons (Fsp3) is 0.0909. The van der Waals surface area contributed by atoms with Crippen molar-refractivity contribution < 1.29 is 0 Å². The van der Waals surface area contributed by atoms with Crippen molar-refractivity contribution >= 4 is 59.1 Å². The Kier molecular flexibility index (Phi) is 4.24. The standard InChI is InChI=1S/C11H8Br3NS/c12-7-3-1-6(2-4-7)10(15)9-5-8(13)11(14)16-9/h1-5,10H,15H2. The van der Waals surface area contributed by atoms with Gasteiger partial charge in [-0.25, -0.2) is 0 Å². The summed E-state index contributed by atoms with van der Waals surface area (Å²) in [5.41, 5.74) is 7.32. The van der Waals surface area contributed by atoms with Gasteiger partial charge in [0.1, 0.15) is 0 Å². The lowest BCUT2D eigenvalue weighted by Gasteiger charge is -2.09. The van der Waals surface area contributed by atoms with Crippen molar-refractivity contribution in [1.82, 2.24) is 0 Å². The van der Waals surface area contributed by atoms with Crippen molar-refractivity contribution in [2.45, 2.75) is 6.04 Å². The zero-order valence-electron chi connectivity index (χ0n) is 8.08. The van der Waals surface area contributed by atoms with Crippen molar-refractivity contribution in [3.05, 3.63) is 53.5 Å². The second-order valence-electron chi connectivity index (χ2n) is 3.30. The van der Waals surface area contributed by atoms with Gasteiger partial charge >= 0.3 is 0 Å². The summed E-state index contributed by atoms with van der Waals surface area (Å²) >= 11 is 12.0. The Bertz CT molecular complexity index is 473. The number of rotatable bonds is 2. The van der Waals surface area contributed by atoms with E-state index in [9.17, 15) is 0 Å². The van der Waals surface area contributed by atoms with Crippen LogP contribution in [0.15, 0.2) is 43.1 Å². The molecule has 2 aromatic rings. The van der Waals surface area contributed by atoms with Crippen LogP contribution in [0.3, 0.4) is 0 Å². The highest BCUT2D eigenvalue weighted by atomic mass is 79.9. The van der Waals surface area contributed by atoms with Crippen molar-refractivity contribution in [1.29, 1.82) is 0 Å². The first-order valence-corrected chi connectivity index (χ1v) is 7.73. The van der Waals surface area contributed by atoms with Crippen LogP contribution in [0, 0.1) is 0 Å². The Balaban J connectivity index is 2.31. The zero-order valence-corrected chi connectivity index (χ0v) is 13.7. The van der Waals surface area contributed by atoms with Crippen LogP contribution in [0.1, 0.15) is 16.5 Å². The molecule has 0 saturated carbocycles. The molecule has 5 heteroatoms. The smallest absolute Gasteiger partial charge is 0.0843 e. The number of thiophene rings is 1. The minimum absolute atomic E-state index is 0.0688. The Labute approximate surface area is 123 Å². The van der Waals surface area contributed by atoms with Gasteiger partial charge in [0.05, 0.1) is 9.83 Å². The van der Waals surface area contributed by atoms with Crippen molar-refractivity contribution in [3.8, 4) is 0 Å². The second-order valence-corrected chi connectivity index (χ2v) is 7.47. The molecule has 1 aromatic heterocycles. The first-order chi connectivity index (χ1) is 7.58. The van der Waals surface area contributed by atoms with E-state index < -0.39 is 0 Å². The van der Waals surface area contributed by atoms with E-state index >= 15 is 0 Å². The van der Waals surface area contributed by atoms with E-state index in [2.05, 4.69) is 53.9 Å². The number of benzene rings is 1. The minimum atomic E-state index is -0.0688. The lowest BCUT2D eigenvalue weighted by atomic mass is 10.1. The molecule has 0 aliphatic heterocycles. The van der Waals surface area contributed by atoms with Crippen LogP contribution < -0.4 is 5.73 Å². The predicted octanol–water partition coefficient (Wildman–Crippen LogP) is 5.08. The fourth-order valence-electron chi connectivity index (χ4n) is 1.35. The number of nitrogens with two attached hydrogens (primary N) is 1. The molecule has 84 valence electrons. The maximum absolute atomic E-state index is 6.20. The third kappa shape index (κ3) is 2.76. The van der Waals surface area contributed by atoms with E-state index in [0.717, 1.165) is 23.2 Å². The third-order valence-electron chi connectivity index (χ3n) is 2.20. The molecule has 0 radical (unpaired) electrons. The summed E-state index contributed by atoms with van der Waals surface area (Å²) in [6.45, 7) is 0. The molecule has 1 aromatic carbocycles. The third-order valence-corrected chi connectivity index (χ3v) is 6.07. The van der Waals surface area contributed by atoms with Gasteiger partial charge in [0.25, 0.3) is 0 Å². The Morgan fingerprint density at radius 3 is 2.19 bits per heavy atom. The molecule has 1 atom stereocenters. The van der Waals surface area contributed by atoms with Gasteiger partial charge in [-0.15, -0.1) is 11.3 Å². The summed E-state index contributed by atoms with van der Waals surface area (Å²) in [6.07, 6.45) is 0. The quantitative estimate of drug-likeness (QED) is 0.713. The van der Waals surface area contributed by atoms with E-state index in [1.54, 1.807) is 11.3 Å². The van der Waals surface area contributed by atoms with Gasteiger partial charge in [0, 0.05) is 13.8 Å². The normalized spacial score (nSPS) is 12.8. The molecule has 0 aliphatic rings. The highest BCUT2D eigenvalue weighted by Gasteiger charge is 2.13. The molecular formula is C11H8Br3NS. The van der Waals surface area contributed by atoms with E-state index in [4.69, 9.17) is 5.73 Å². The van der Waals surface area contributed by atoms with Crippen molar-refractivity contribution in [3.63, 3.8) is 0 Å². The first-order valence-electron chi connectivity index (χ1n) is 4.53. The van der Waals surface area contributed by atoms with E-state index in [0.29, 0.717) is 0 Å². The summed E-state index contributed by atoms with van der Waals surface area (Å²) in [5.74, 6) is 0. The van der Waals surface area contributed by atoms with Crippen LogP contribution in [-0.2, 0) is 0 Å². The molecule has 1 heterocycles. The number of hydrogen-bond donors (Lipinski definition) is 1. The molecule has 1 unspecified atom stereocenters. The average Bonchev–Trinajstić information content (AvgIpc) is 2.59. The highest BCUT2D eigenvalue weighted by Crippen LogP contribution is 2.36. The Hall–Kier alpha value is 0.320. The number of halogens is 3.